The fourth-order valence-corrected chi connectivity index (χ4v) is 3.25. The first-order chi connectivity index (χ1) is 10.6. The van der Waals surface area contributed by atoms with Crippen LogP contribution in [0.4, 0.5) is 4.79 Å². The molecule has 114 valence electrons. The molecule has 1 N–H and O–H groups in total. The van der Waals surface area contributed by atoms with Crippen LogP contribution >= 0.6 is 0 Å². The Bertz CT molecular complexity index is 597. The van der Waals surface area contributed by atoms with Crippen LogP contribution in [0.3, 0.4) is 0 Å². The lowest BCUT2D eigenvalue weighted by atomic mass is 9.78. The SMILES string of the molecule is CC(C)CC1NC(=O)OC1(c1ccccc1)c1ccccc1. The first-order valence-electron chi connectivity index (χ1n) is 7.73. The van der Waals surface area contributed by atoms with Gasteiger partial charge in [0.15, 0.2) is 5.60 Å². The van der Waals surface area contributed by atoms with Gasteiger partial charge in [0, 0.05) is 11.1 Å². The quantitative estimate of drug-likeness (QED) is 0.922. The Hall–Kier alpha value is -2.29. The second-order valence-corrected chi connectivity index (χ2v) is 6.18. The monoisotopic (exact) mass is 295 g/mol. The molecule has 2 aromatic carbocycles. The van der Waals surface area contributed by atoms with Crippen LogP contribution in [-0.4, -0.2) is 12.1 Å². The summed E-state index contributed by atoms with van der Waals surface area (Å²) >= 11 is 0. The molecular formula is C19H21NO2. The topological polar surface area (TPSA) is 38.3 Å². The van der Waals surface area contributed by atoms with Crippen molar-refractivity contribution in [1.82, 2.24) is 5.32 Å². The fraction of sp³-hybridized carbons (Fsp3) is 0.316. The number of carbonyl (C=O) groups is 1. The molecule has 1 unspecified atom stereocenters. The van der Waals surface area contributed by atoms with Crippen molar-refractivity contribution in [1.29, 1.82) is 0 Å². The van der Waals surface area contributed by atoms with Gasteiger partial charge in [0.2, 0.25) is 0 Å². The number of rotatable bonds is 4. The van der Waals surface area contributed by atoms with Gasteiger partial charge in [-0.1, -0.05) is 74.5 Å². The number of nitrogens with one attached hydrogen (secondary N) is 1. The van der Waals surface area contributed by atoms with Crippen LogP contribution in [0.1, 0.15) is 31.4 Å². The molecule has 1 heterocycles. The third kappa shape index (κ3) is 2.47. The van der Waals surface area contributed by atoms with Crippen molar-refractivity contribution in [2.24, 2.45) is 5.92 Å². The van der Waals surface area contributed by atoms with Gasteiger partial charge in [0.1, 0.15) is 0 Å². The van der Waals surface area contributed by atoms with Gasteiger partial charge in [0.25, 0.3) is 0 Å². The molecule has 1 aliphatic heterocycles. The zero-order valence-electron chi connectivity index (χ0n) is 13.0. The summed E-state index contributed by atoms with van der Waals surface area (Å²) in [5, 5.41) is 3.01. The van der Waals surface area contributed by atoms with E-state index in [1.807, 2.05) is 60.7 Å². The molecule has 1 fully saturated rings. The van der Waals surface area contributed by atoms with Crippen molar-refractivity contribution in [3.05, 3.63) is 71.8 Å². The largest absolute Gasteiger partial charge is 0.431 e. The highest BCUT2D eigenvalue weighted by atomic mass is 16.6. The van der Waals surface area contributed by atoms with Crippen LogP contribution in [0.2, 0.25) is 0 Å². The molecule has 0 spiro atoms. The van der Waals surface area contributed by atoms with Crippen LogP contribution in [-0.2, 0) is 10.3 Å². The minimum atomic E-state index is -0.760. The molecule has 0 radical (unpaired) electrons. The van der Waals surface area contributed by atoms with Crippen molar-refractivity contribution in [3.8, 4) is 0 Å². The van der Waals surface area contributed by atoms with E-state index >= 15 is 0 Å². The maximum Gasteiger partial charge on any atom is 0.408 e. The van der Waals surface area contributed by atoms with Crippen LogP contribution in [0.15, 0.2) is 60.7 Å². The van der Waals surface area contributed by atoms with E-state index in [9.17, 15) is 4.79 Å². The highest BCUT2D eigenvalue weighted by Crippen LogP contribution is 2.42. The number of amides is 1. The van der Waals surface area contributed by atoms with Gasteiger partial charge in [-0.05, 0) is 12.3 Å². The van der Waals surface area contributed by atoms with Crippen LogP contribution in [0, 0.1) is 5.92 Å². The van der Waals surface area contributed by atoms with Crippen molar-refractivity contribution in [2.75, 3.05) is 0 Å². The number of hydrogen-bond acceptors (Lipinski definition) is 2. The minimum Gasteiger partial charge on any atom is -0.431 e. The number of cyclic esters (lactones) is 1. The summed E-state index contributed by atoms with van der Waals surface area (Å²) in [4.78, 5) is 12.1. The number of benzene rings is 2. The van der Waals surface area contributed by atoms with Gasteiger partial charge < -0.3 is 10.1 Å². The molecule has 0 aliphatic carbocycles. The van der Waals surface area contributed by atoms with E-state index in [1.165, 1.54) is 0 Å². The molecule has 1 amide bonds. The summed E-state index contributed by atoms with van der Waals surface area (Å²) in [5.74, 6) is 0.457. The maximum absolute atomic E-state index is 12.1. The average Bonchev–Trinajstić information content (AvgIpc) is 2.85. The first-order valence-corrected chi connectivity index (χ1v) is 7.73. The number of alkyl carbamates (subject to hydrolysis) is 1. The van der Waals surface area contributed by atoms with E-state index in [2.05, 4.69) is 19.2 Å². The number of ether oxygens (including phenoxy) is 1. The molecule has 0 bridgehead atoms. The molecule has 0 saturated carbocycles. The molecular weight excluding hydrogens is 274 g/mol. The first kappa shape index (κ1) is 14.6. The van der Waals surface area contributed by atoms with E-state index in [4.69, 9.17) is 4.74 Å². The number of hydrogen-bond donors (Lipinski definition) is 1. The Kier molecular flexibility index (Phi) is 3.88. The van der Waals surface area contributed by atoms with Gasteiger partial charge in [0.05, 0.1) is 6.04 Å². The van der Waals surface area contributed by atoms with E-state index in [0.717, 1.165) is 17.5 Å². The Labute approximate surface area is 131 Å². The predicted octanol–water partition coefficient (Wildman–Crippen LogP) is 4.08. The van der Waals surface area contributed by atoms with Gasteiger partial charge in [-0.25, -0.2) is 4.79 Å². The zero-order valence-corrected chi connectivity index (χ0v) is 13.0. The second-order valence-electron chi connectivity index (χ2n) is 6.18. The normalized spacial score (nSPS) is 19.8. The summed E-state index contributed by atoms with van der Waals surface area (Å²) in [6.07, 6.45) is 0.508. The molecule has 1 atom stereocenters. The summed E-state index contributed by atoms with van der Waals surface area (Å²) in [6.45, 7) is 4.32. The van der Waals surface area contributed by atoms with Crippen molar-refractivity contribution < 1.29 is 9.53 Å². The van der Waals surface area contributed by atoms with Gasteiger partial charge in [-0.15, -0.1) is 0 Å². The Morgan fingerprint density at radius 3 is 1.95 bits per heavy atom. The van der Waals surface area contributed by atoms with Gasteiger partial charge in [-0.3, -0.25) is 0 Å². The lowest BCUT2D eigenvalue weighted by Gasteiger charge is -2.34. The minimum absolute atomic E-state index is 0.0789. The Morgan fingerprint density at radius 2 is 1.50 bits per heavy atom. The molecule has 0 aromatic heterocycles. The summed E-state index contributed by atoms with van der Waals surface area (Å²) < 4.78 is 5.88. The second kappa shape index (κ2) is 5.84. The van der Waals surface area contributed by atoms with Gasteiger partial charge >= 0.3 is 6.09 Å². The van der Waals surface area contributed by atoms with Crippen LogP contribution in [0.25, 0.3) is 0 Å². The summed E-state index contributed by atoms with van der Waals surface area (Å²) in [7, 11) is 0. The van der Waals surface area contributed by atoms with Crippen molar-refractivity contribution >= 4 is 6.09 Å². The molecule has 3 nitrogen and oxygen atoms in total. The standard InChI is InChI=1S/C19H21NO2/c1-14(2)13-17-19(22-18(21)20-17,15-9-5-3-6-10-15)16-11-7-4-8-12-16/h3-12,14,17H,13H2,1-2H3,(H,20,21). The highest BCUT2D eigenvalue weighted by Gasteiger charge is 2.51. The highest BCUT2D eigenvalue weighted by molar-refractivity contribution is 5.73. The Balaban J connectivity index is 2.16. The van der Waals surface area contributed by atoms with Crippen LogP contribution < -0.4 is 5.32 Å². The molecule has 1 aliphatic rings. The zero-order chi connectivity index (χ0) is 15.6. The Morgan fingerprint density at radius 1 is 1.00 bits per heavy atom. The maximum atomic E-state index is 12.1. The molecule has 2 aromatic rings. The third-order valence-electron chi connectivity index (χ3n) is 4.15. The molecule has 1 saturated heterocycles. The summed E-state index contributed by atoms with van der Waals surface area (Å²) in [5.41, 5.74) is 1.25. The fourth-order valence-electron chi connectivity index (χ4n) is 3.25. The van der Waals surface area contributed by atoms with E-state index in [1.54, 1.807) is 0 Å². The van der Waals surface area contributed by atoms with E-state index < -0.39 is 5.60 Å². The van der Waals surface area contributed by atoms with Crippen LogP contribution in [0.5, 0.6) is 0 Å². The lowest BCUT2D eigenvalue weighted by Crippen LogP contribution is -2.43. The van der Waals surface area contributed by atoms with Gasteiger partial charge in [-0.2, -0.15) is 0 Å². The van der Waals surface area contributed by atoms with E-state index in [0.29, 0.717) is 5.92 Å². The summed E-state index contributed by atoms with van der Waals surface area (Å²) in [6, 6.07) is 19.9. The number of carbonyl (C=O) groups excluding carboxylic acids is 1. The molecule has 22 heavy (non-hydrogen) atoms. The third-order valence-corrected chi connectivity index (χ3v) is 4.15. The lowest BCUT2D eigenvalue weighted by molar-refractivity contribution is 0.0638. The molecule has 3 rings (SSSR count). The van der Waals surface area contributed by atoms with Crippen molar-refractivity contribution in [2.45, 2.75) is 31.9 Å². The smallest absolute Gasteiger partial charge is 0.408 e. The van der Waals surface area contributed by atoms with E-state index in [-0.39, 0.29) is 12.1 Å². The average molecular weight is 295 g/mol. The van der Waals surface area contributed by atoms with Crippen molar-refractivity contribution in [3.63, 3.8) is 0 Å². The molecule has 3 heteroatoms. The predicted molar refractivity (Wildman–Crippen MR) is 86.5 cm³/mol.